The maximum Gasteiger partial charge on any atom is 0.460 e. The fraction of sp³-hybridized carbons (Fsp3) is 1.00. The van der Waals surface area contributed by atoms with Gasteiger partial charge in [-0.2, -0.15) is 0 Å². The Morgan fingerprint density at radius 2 is 1.00 bits per heavy atom. The largest absolute Gasteiger partial charge is 0.460 e. The third-order valence-electron chi connectivity index (χ3n) is 5.23. The maximum atomic E-state index is 8.19. The fourth-order valence-electron chi connectivity index (χ4n) is 2.25. The van der Waals surface area contributed by atoms with Crippen molar-refractivity contribution in [3.05, 3.63) is 0 Å². The van der Waals surface area contributed by atoms with E-state index in [9.17, 15) is 0 Å². The molecule has 0 radical (unpaired) electrons. The molecule has 6 nitrogen and oxygen atoms in total. The maximum absolute atomic E-state index is 8.19. The van der Waals surface area contributed by atoms with Crippen molar-refractivity contribution in [2.45, 2.75) is 112 Å². The molecule has 0 spiro atoms. The SMILES string of the molecule is CC(C)B(O)O.CC(C)B1OC(C)(C)C(C)(C)O1.CC(C)B1OCC(C)(C)CO1. The molecule has 170 valence electrons. The van der Waals surface area contributed by atoms with Crippen LogP contribution >= 0.6 is 0 Å². The van der Waals surface area contributed by atoms with E-state index in [0.717, 1.165) is 13.2 Å². The van der Waals surface area contributed by atoms with E-state index in [-0.39, 0.29) is 36.7 Å². The van der Waals surface area contributed by atoms with Crippen LogP contribution in [-0.2, 0) is 18.6 Å². The molecule has 0 aromatic heterocycles. The molecule has 0 aromatic carbocycles. The third-order valence-corrected chi connectivity index (χ3v) is 5.23. The van der Waals surface area contributed by atoms with Gasteiger partial charge in [0.25, 0.3) is 0 Å². The molecule has 0 saturated carbocycles. The predicted molar refractivity (Wildman–Crippen MR) is 123 cm³/mol. The lowest BCUT2D eigenvalue weighted by molar-refractivity contribution is 0.00578. The first kappa shape index (κ1) is 29.0. The van der Waals surface area contributed by atoms with Gasteiger partial charge in [0.2, 0.25) is 0 Å². The third kappa shape index (κ3) is 10.2. The first-order valence-corrected chi connectivity index (χ1v) is 10.9. The van der Waals surface area contributed by atoms with Crippen LogP contribution in [0.2, 0.25) is 17.5 Å². The highest BCUT2D eigenvalue weighted by Gasteiger charge is 2.51. The van der Waals surface area contributed by atoms with Gasteiger partial charge in [0.15, 0.2) is 0 Å². The molecule has 0 unspecified atom stereocenters. The molecule has 9 heteroatoms. The molecule has 2 N–H and O–H groups in total. The van der Waals surface area contributed by atoms with Gasteiger partial charge in [0, 0.05) is 18.6 Å². The molecule has 2 saturated heterocycles. The normalized spacial score (nSPS) is 22.2. The summed E-state index contributed by atoms with van der Waals surface area (Å²) in [5.41, 5.74) is -0.157. The molecule has 2 rings (SSSR count). The lowest BCUT2D eigenvalue weighted by atomic mass is 9.72. The van der Waals surface area contributed by atoms with E-state index in [1.54, 1.807) is 13.8 Å². The fourth-order valence-corrected chi connectivity index (χ4v) is 2.25. The van der Waals surface area contributed by atoms with Crippen molar-refractivity contribution in [2.75, 3.05) is 13.2 Å². The zero-order valence-electron chi connectivity index (χ0n) is 20.9. The molecule has 29 heavy (non-hydrogen) atoms. The van der Waals surface area contributed by atoms with Crippen LogP contribution < -0.4 is 0 Å². The quantitative estimate of drug-likeness (QED) is 0.671. The smallest absolute Gasteiger partial charge is 0.427 e. The molecule has 2 fully saturated rings. The van der Waals surface area contributed by atoms with Crippen LogP contribution in [-0.4, -0.2) is 55.8 Å². The Labute approximate surface area is 180 Å². The van der Waals surface area contributed by atoms with Crippen molar-refractivity contribution in [1.29, 1.82) is 0 Å². The summed E-state index contributed by atoms with van der Waals surface area (Å²) in [6.45, 7) is 26.2. The van der Waals surface area contributed by atoms with Crippen molar-refractivity contribution in [2.24, 2.45) is 5.41 Å². The van der Waals surface area contributed by atoms with Crippen LogP contribution in [0, 0.1) is 5.41 Å². The minimum atomic E-state index is -1.15. The second-order valence-corrected chi connectivity index (χ2v) is 10.9. The molecule has 0 aliphatic carbocycles. The highest BCUT2D eigenvalue weighted by Crippen LogP contribution is 2.39. The monoisotopic (exact) mass is 414 g/mol. The average Bonchev–Trinajstić information content (AvgIpc) is 2.76. The van der Waals surface area contributed by atoms with E-state index in [4.69, 9.17) is 28.7 Å². The van der Waals surface area contributed by atoms with Gasteiger partial charge in [-0.1, -0.05) is 55.4 Å². The highest BCUT2D eigenvalue weighted by atomic mass is 16.7. The van der Waals surface area contributed by atoms with E-state index < -0.39 is 7.12 Å². The highest BCUT2D eigenvalue weighted by molar-refractivity contribution is 6.47. The summed E-state index contributed by atoms with van der Waals surface area (Å²) >= 11 is 0. The molecule has 2 aliphatic rings. The van der Waals surface area contributed by atoms with Crippen LogP contribution in [0.4, 0.5) is 0 Å². The van der Waals surface area contributed by atoms with Crippen molar-refractivity contribution in [3.63, 3.8) is 0 Å². The van der Waals surface area contributed by atoms with Crippen LogP contribution in [0.3, 0.4) is 0 Å². The van der Waals surface area contributed by atoms with Gasteiger partial charge in [0.05, 0.1) is 11.2 Å². The number of rotatable bonds is 3. The second-order valence-electron chi connectivity index (χ2n) is 10.9. The van der Waals surface area contributed by atoms with Crippen LogP contribution in [0.5, 0.6) is 0 Å². The first-order valence-electron chi connectivity index (χ1n) is 10.9. The molecular weight excluding hydrogens is 369 g/mol. The molecule has 0 amide bonds. The number of hydrogen-bond donors (Lipinski definition) is 2. The van der Waals surface area contributed by atoms with E-state index in [1.165, 1.54) is 0 Å². The van der Waals surface area contributed by atoms with Crippen LogP contribution in [0.1, 0.15) is 83.1 Å². The molecule has 0 aromatic rings. The minimum absolute atomic E-state index is 0.0167. The summed E-state index contributed by atoms with van der Waals surface area (Å²) in [5, 5.41) is 16.4. The lowest BCUT2D eigenvalue weighted by Crippen LogP contribution is -2.41. The molecular formula is C20H45B3O6. The van der Waals surface area contributed by atoms with Gasteiger partial charge in [-0.25, -0.2) is 0 Å². The van der Waals surface area contributed by atoms with E-state index >= 15 is 0 Å². The van der Waals surface area contributed by atoms with Gasteiger partial charge in [-0.15, -0.1) is 0 Å². The van der Waals surface area contributed by atoms with Gasteiger partial charge in [-0.05, 0) is 45.1 Å². The molecule has 2 aliphatic heterocycles. The Morgan fingerprint density at radius 1 is 0.690 bits per heavy atom. The topological polar surface area (TPSA) is 77.4 Å². The summed E-state index contributed by atoms with van der Waals surface area (Å²) in [6.07, 6.45) is 0. The zero-order valence-corrected chi connectivity index (χ0v) is 20.9. The Morgan fingerprint density at radius 3 is 1.21 bits per heavy atom. The molecule has 0 bridgehead atoms. The summed E-state index contributed by atoms with van der Waals surface area (Å²) < 4.78 is 22.7. The van der Waals surface area contributed by atoms with E-state index in [2.05, 4.69) is 69.2 Å². The van der Waals surface area contributed by atoms with Crippen molar-refractivity contribution in [1.82, 2.24) is 0 Å². The standard InChI is InChI=1S/C9H19BO2.C8H17BO2.C3H9BO2/c1-7(2)10-11-8(3,4)9(5,6)12-10;1-7(2)9-10-5-8(3,4)6-11-9;1-3(2)4(5)6/h7H,1-6H3;7H,5-6H2,1-4H3;3,5-6H,1-2H3. The van der Waals surface area contributed by atoms with Crippen molar-refractivity contribution < 1.29 is 28.7 Å². The Hall–Kier alpha value is -0.0452. The van der Waals surface area contributed by atoms with E-state index in [1.807, 2.05) is 0 Å². The molecule has 0 atom stereocenters. The first-order chi connectivity index (χ1) is 12.9. The number of hydrogen-bond acceptors (Lipinski definition) is 6. The van der Waals surface area contributed by atoms with Crippen molar-refractivity contribution in [3.8, 4) is 0 Å². The van der Waals surface area contributed by atoms with Gasteiger partial charge >= 0.3 is 21.4 Å². The van der Waals surface area contributed by atoms with Crippen LogP contribution in [0.15, 0.2) is 0 Å². The van der Waals surface area contributed by atoms with Gasteiger partial charge in [-0.3, -0.25) is 0 Å². The minimum Gasteiger partial charge on any atom is -0.427 e. The summed E-state index contributed by atoms with van der Waals surface area (Å²) in [4.78, 5) is 0. The summed E-state index contributed by atoms with van der Waals surface area (Å²) in [5.74, 6) is 0.849. The van der Waals surface area contributed by atoms with Gasteiger partial charge < -0.3 is 28.7 Å². The average molecular weight is 414 g/mol. The van der Waals surface area contributed by atoms with Crippen LogP contribution in [0.25, 0.3) is 0 Å². The Balaban J connectivity index is 0.000000430. The van der Waals surface area contributed by atoms with Crippen molar-refractivity contribution >= 4 is 21.4 Å². The second kappa shape index (κ2) is 11.5. The zero-order chi connectivity index (χ0) is 23.2. The summed E-state index contributed by atoms with van der Waals surface area (Å²) in [6, 6.07) is 0. The predicted octanol–water partition coefficient (Wildman–Crippen LogP) is 4.32. The Kier molecular flexibility index (Phi) is 11.5. The van der Waals surface area contributed by atoms with E-state index in [0.29, 0.717) is 11.6 Å². The molecule has 2 heterocycles. The van der Waals surface area contributed by atoms with Gasteiger partial charge in [0.1, 0.15) is 0 Å². The Bertz CT molecular complexity index is 435. The lowest BCUT2D eigenvalue weighted by Gasteiger charge is -2.34. The summed E-state index contributed by atoms with van der Waals surface area (Å²) in [7, 11) is -1.18.